The summed E-state index contributed by atoms with van der Waals surface area (Å²) >= 11 is 0. The predicted molar refractivity (Wildman–Crippen MR) is 56.9 cm³/mol. The van der Waals surface area contributed by atoms with Gasteiger partial charge in [-0.15, -0.1) is 0 Å². The second kappa shape index (κ2) is 6.11. The van der Waals surface area contributed by atoms with Crippen molar-refractivity contribution in [3.63, 3.8) is 0 Å². The van der Waals surface area contributed by atoms with Crippen LogP contribution in [0.4, 0.5) is 13.2 Å². The second-order valence-electron chi connectivity index (χ2n) is 3.19. The largest absolute Gasteiger partial charge is 0.433 e. The number of rotatable bonds is 3. The summed E-state index contributed by atoms with van der Waals surface area (Å²) in [4.78, 5) is 3.45. The minimum atomic E-state index is -4.54. The number of halogens is 3. The van der Waals surface area contributed by atoms with E-state index >= 15 is 0 Å². The summed E-state index contributed by atoms with van der Waals surface area (Å²) in [6.45, 7) is 4.60. The lowest BCUT2D eigenvalue weighted by atomic mass is 10.2. The number of nitrogens with zero attached hydrogens (tertiary/aromatic N) is 2. The molecule has 2 nitrogen and oxygen atoms in total. The van der Waals surface area contributed by atoms with E-state index < -0.39 is 11.9 Å². The Kier molecular flexibility index (Phi) is 5.51. The van der Waals surface area contributed by atoms with Gasteiger partial charge in [-0.3, -0.25) is 0 Å². The van der Waals surface area contributed by atoms with Gasteiger partial charge in [-0.05, 0) is 26.3 Å². The molecule has 0 heterocycles. The van der Waals surface area contributed by atoms with Crippen molar-refractivity contribution >= 4 is 5.71 Å². The summed E-state index contributed by atoms with van der Waals surface area (Å²) in [7, 11) is 0. The highest BCUT2D eigenvalue weighted by Gasteiger charge is 2.34. The van der Waals surface area contributed by atoms with Gasteiger partial charge in [0.2, 0.25) is 0 Å². The van der Waals surface area contributed by atoms with Crippen molar-refractivity contribution in [3.8, 4) is 6.07 Å². The van der Waals surface area contributed by atoms with Gasteiger partial charge in [-0.25, -0.2) is 4.99 Å². The van der Waals surface area contributed by atoms with Gasteiger partial charge in [0.25, 0.3) is 0 Å². The molecule has 0 atom stereocenters. The number of aliphatic imine (C=N–C) groups is 1. The van der Waals surface area contributed by atoms with E-state index in [9.17, 15) is 13.2 Å². The van der Waals surface area contributed by atoms with E-state index in [-0.39, 0.29) is 11.3 Å². The van der Waals surface area contributed by atoms with Gasteiger partial charge < -0.3 is 0 Å². The van der Waals surface area contributed by atoms with Crippen LogP contribution in [0.5, 0.6) is 0 Å². The summed E-state index contributed by atoms with van der Waals surface area (Å²) < 4.78 is 37.5. The maximum Gasteiger partial charge on any atom is 0.433 e. The van der Waals surface area contributed by atoms with Crippen molar-refractivity contribution in [1.82, 2.24) is 0 Å². The molecular formula is C11H13F3N2. The fourth-order valence-corrected chi connectivity index (χ4v) is 0.946. The van der Waals surface area contributed by atoms with Gasteiger partial charge in [0.15, 0.2) is 0 Å². The zero-order chi connectivity index (χ0) is 12.8. The lowest BCUT2D eigenvalue weighted by molar-refractivity contribution is -0.0577. The molecule has 0 bridgehead atoms. The fraction of sp³-hybridized carbons (Fsp3) is 0.455. The smallest absolute Gasteiger partial charge is 0.249 e. The maximum absolute atomic E-state index is 12.5. The zero-order valence-corrected chi connectivity index (χ0v) is 9.39. The summed E-state index contributed by atoms with van der Waals surface area (Å²) in [6.07, 6.45) is -1.60. The Hall–Kier alpha value is -1.57. The monoisotopic (exact) mass is 230 g/mol. The summed E-state index contributed by atoms with van der Waals surface area (Å²) in [6, 6.07) is 1.63. The fourth-order valence-electron chi connectivity index (χ4n) is 0.946. The first kappa shape index (κ1) is 14.4. The van der Waals surface area contributed by atoms with Crippen LogP contribution >= 0.6 is 0 Å². The molecule has 88 valence electrons. The lowest BCUT2D eigenvalue weighted by Gasteiger charge is -2.06. The van der Waals surface area contributed by atoms with Crippen molar-refractivity contribution in [2.45, 2.75) is 33.4 Å². The van der Waals surface area contributed by atoms with E-state index in [1.807, 2.05) is 6.92 Å². The molecule has 0 aromatic heterocycles. The van der Waals surface area contributed by atoms with Gasteiger partial charge in [0.05, 0.1) is 6.07 Å². The molecule has 0 N–H and O–H groups in total. The Morgan fingerprint density at radius 3 is 2.31 bits per heavy atom. The van der Waals surface area contributed by atoms with Crippen molar-refractivity contribution < 1.29 is 13.2 Å². The quantitative estimate of drug-likeness (QED) is 0.537. The van der Waals surface area contributed by atoms with Gasteiger partial charge in [-0.1, -0.05) is 13.0 Å². The number of hydrogen-bond donors (Lipinski definition) is 0. The minimum absolute atomic E-state index is 0.0274. The highest BCUT2D eigenvalue weighted by Crippen LogP contribution is 2.20. The molecular weight excluding hydrogens is 217 g/mol. The third kappa shape index (κ3) is 5.35. The van der Waals surface area contributed by atoms with E-state index in [4.69, 9.17) is 5.26 Å². The maximum atomic E-state index is 12.5. The molecule has 0 spiro atoms. The van der Waals surface area contributed by atoms with Crippen LogP contribution < -0.4 is 0 Å². The summed E-state index contributed by atoms with van der Waals surface area (Å²) in [5.74, 6) is 0. The first-order chi connectivity index (χ1) is 7.31. The second-order valence-corrected chi connectivity index (χ2v) is 3.19. The van der Waals surface area contributed by atoms with Crippen molar-refractivity contribution in [2.75, 3.05) is 0 Å². The molecule has 0 aliphatic heterocycles. The Morgan fingerprint density at radius 2 is 1.94 bits per heavy atom. The molecule has 0 amide bonds. The Labute approximate surface area is 92.8 Å². The van der Waals surface area contributed by atoms with Crippen LogP contribution in [0.1, 0.15) is 27.2 Å². The van der Waals surface area contributed by atoms with E-state index in [1.54, 1.807) is 12.1 Å². The minimum Gasteiger partial charge on any atom is -0.249 e. The number of nitriles is 1. The average molecular weight is 230 g/mol. The molecule has 0 saturated heterocycles. The van der Waals surface area contributed by atoms with E-state index in [0.717, 1.165) is 6.08 Å². The molecule has 0 rings (SSSR count). The number of hydrogen-bond acceptors (Lipinski definition) is 2. The van der Waals surface area contributed by atoms with E-state index in [0.29, 0.717) is 6.42 Å². The predicted octanol–water partition coefficient (Wildman–Crippen LogP) is 3.77. The molecule has 0 fully saturated rings. The Bertz CT molecular complexity index is 368. The molecule has 0 aromatic rings. The van der Waals surface area contributed by atoms with Crippen LogP contribution in [0.15, 0.2) is 28.4 Å². The average Bonchev–Trinajstić information content (AvgIpc) is 2.15. The first-order valence-corrected chi connectivity index (χ1v) is 4.72. The number of allylic oxidation sites excluding steroid dienone is 4. The number of alkyl halides is 3. The molecule has 16 heavy (non-hydrogen) atoms. The SMILES string of the molecule is CC/C=C(C)/N=C(/C=C(\C)C#N)C(F)(F)F. The molecule has 0 radical (unpaired) electrons. The molecule has 0 saturated carbocycles. The van der Waals surface area contributed by atoms with Crippen LogP contribution in [0.3, 0.4) is 0 Å². The molecule has 5 heteroatoms. The van der Waals surface area contributed by atoms with Crippen LogP contribution in [-0.2, 0) is 0 Å². The first-order valence-electron chi connectivity index (χ1n) is 4.72. The Balaban J connectivity index is 5.30. The standard InChI is InChI=1S/C11H13F3N2/c1-4-5-9(3)16-10(11(12,13)14)6-8(2)7-15/h5-6H,4H2,1-3H3/b8-6+,9-5+,16-10-. The molecule has 0 aliphatic rings. The van der Waals surface area contributed by atoms with Gasteiger partial charge in [0.1, 0.15) is 5.71 Å². The van der Waals surface area contributed by atoms with E-state index in [1.165, 1.54) is 13.8 Å². The molecule has 0 aromatic carbocycles. The topological polar surface area (TPSA) is 36.1 Å². The third-order valence-electron chi connectivity index (χ3n) is 1.62. The van der Waals surface area contributed by atoms with Crippen LogP contribution in [0, 0.1) is 11.3 Å². The molecule has 0 aliphatic carbocycles. The van der Waals surface area contributed by atoms with Gasteiger partial charge in [0, 0.05) is 11.3 Å². The van der Waals surface area contributed by atoms with Crippen LogP contribution in [0.2, 0.25) is 0 Å². The third-order valence-corrected chi connectivity index (χ3v) is 1.62. The summed E-state index contributed by atoms with van der Waals surface area (Å²) in [5, 5.41) is 8.43. The van der Waals surface area contributed by atoms with Crippen LogP contribution in [-0.4, -0.2) is 11.9 Å². The van der Waals surface area contributed by atoms with Crippen molar-refractivity contribution in [2.24, 2.45) is 4.99 Å². The van der Waals surface area contributed by atoms with E-state index in [2.05, 4.69) is 4.99 Å². The normalized spacial score (nSPS) is 14.9. The highest BCUT2D eigenvalue weighted by molar-refractivity contribution is 6.00. The highest BCUT2D eigenvalue weighted by atomic mass is 19.4. The Morgan fingerprint density at radius 1 is 1.38 bits per heavy atom. The van der Waals surface area contributed by atoms with Crippen molar-refractivity contribution in [1.29, 1.82) is 5.26 Å². The lowest BCUT2D eigenvalue weighted by Crippen LogP contribution is -2.21. The summed E-state index contributed by atoms with van der Waals surface area (Å²) in [5.41, 5.74) is -0.786. The zero-order valence-electron chi connectivity index (χ0n) is 9.39. The van der Waals surface area contributed by atoms with Crippen LogP contribution in [0.25, 0.3) is 0 Å². The van der Waals surface area contributed by atoms with Gasteiger partial charge in [-0.2, -0.15) is 18.4 Å². The van der Waals surface area contributed by atoms with Crippen molar-refractivity contribution in [3.05, 3.63) is 23.4 Å². The van der Waals surface area contributed by atoms with Gasteiger partial charge >= 0.3 is 6.18 Å². The molecule has 0 unspecified atom stereocenters.